The Morgan fingerprint density at radius 1 is 1.35 bits per heavy atom. The minimum atomic E-state index is -0.347. The Hall–Kier alpha value is -1.53. The van der Waals surface area contributed by atoms with E-state index in [-0.39, 0.29) is 24.3 Å². The van der Waals surface area contributed by atoms with Gasteiger partial charge in [0, 0.05) is 5.56 Å². The van der Waals surface area contributed by atoms with E-state index in [1.54, 1.807) is 12.1 Å². The molecule has 0 aromatic heterocycles. The van der Waals surface area contributed by atoms with Gasteiger partial charge in [-0.25, -0.2) is 4.39 Å². The van der Waals surface area contributed by atoms with Crippen molar-refractivity contribution in [1.29, 1.82) is 0 Å². The van der Waals surface area contributed by atoms with E-state index in [1.165, 1.54) is 12.5 Å². The lowest BCUT2D eigenvalue weighted by molar-refractivity contribution is 0.0863. The molecule has 1 aromatic carbocycles. The van der Waals surface area contributed by atoms with Crippen LogP contribution in [-0.2, 0) is 0 Å². The van der Waals surface area contributed by atoms with Gasteiger partial charge in [0.2, 0.25) is 0 Å². The second-order valence-corrected chi connectivity index (χ2v) is 5.21. The second-order valence-electron chi connectivity index (χ2n) is 5.21. The van der Waals surface area contributed by atoms with Gasteiger partial charge in [0.05, 0.1) is 0 Å². The first-order chi connectivity index (χ1) is 9.74. The fourth-order valence-corrected chi connectivity index (χ4v) is 2.77. The standard InChI is InChI=1S/C17H21FO2/c1-2-14-7-3-4-8-16(14)20-17-12-13(6-5-11-19)9-10-15(17)18/h9-10,12,14,16,19H,2-4,7-8,11H2,1H3. The Labute approximate surface area is 120 Å². The summed E-state index contributed by atoms with van der Waals surface area (Å²) >= 11 is 0. The molecule has 0 saturated heterocycles. The van der Waals surface area contributed by atoms with Gasteiger partial charge >= 0.3 is 0 Å². The maximum atomic E-state index is 13.9. The molecule has 20 heavy (non-hydrogen) atoms. The van der Waals surface area contributed by atoms with Crippen LogP contribution in [0.1, 0.15) is 44.6 Å². The number of ether oxygens (including phenoxy) is 1. The fraction of sp³-hybridized carbons (Fsp3) is 0.529. The lowest BCUT2D eigenvalue weighted by Crippen LogP contribution is -2.30. The molecule has 3 heteroatoms. The number of halogens is 1. The molecule has 1 N–H and O–H groups in total. The minimum Gasteiger partial charge on any atom is -0.487 e. The SMILES string of the molecule is CCC1CCCCC1Oc1cc(C#CCO)ccc1F. The molecule has 0 aliphatic heterocycles. The van der Waals surface area contributed by atoms with Crippen LogP contribution in [0.4, 0.5) is 4.39 Å². The van der Waals surface area contributed by atoms with Crippen LogP contribution in [-0.4, -0.2) is 17.8 Å². The largest absolute Gasteiger partial charge is 0.487 e. The quantitative estimate of drug-likeness (QED) is 0.856. The van der Waals surface area contributed by atoms with Crippen molar-refractivity contribution < 1.29 is 14.2 Å². The average molecular weight is 276 g/mol. The smallest absolute Gasteiger partial charge is 0.165 e. The van der Waals surface area contributed by atoms with Gasteiger partial charge in [0.15, 0.2) is 11.6 Å². The molecule has 0 heterocycles. The minimum absolute atomic E-state index is 0.101. The van der Waals surface area contributed by atoms with Gasteiger partial charge in [-0.15, -0.1) is 0 Å². The molecular weight excluding hydrogens is 255 g/mol. The van der Waals surface area contributed by atoms with E-state index in [0.717, 1.165) is 25.7 Å². The highest BCUT2D eigenvalue weighted by Gasteiger charge is 2.26. The molecular formula is C17H21FO2. The van der Waals surface area contributed by atoms with Gasteiger partial charge in [-0.3, -0.25) is 0 Å². The van der Waals surface area contributed by atoms with Crippen LogP contribution < -0.4 is 4.74 Å². The zero-order chi connectivity index (χ0) is 14.4. The lowest BCUT2D eigenvalue weighted by Gasteiger charge is -2.31. The third kappa shape index (κ3) is 3.74. The summed E-state index contributed by atoms with van der Waals surface area (Å²) in [7, 11) is 0. The fourth-order valence-electron chi connectivity index (χ4n) is 2.77. The summed E-state index contributed by atoms with van der Waals surface area (Å²) in [6.07, 6.45) is 5.70. The molecule has 1 fully saturated rings. The second kappa shape index (κ2) is 7.31. The molecule has 1 saturated carbocycles. The van der Waals surface area contributed by atoms with Crippen LogP contribution in [0.25, 0.3) is 0 Å². The molecule has 2 nitrogen and oxygen atoms in total. The highest BCUT2D eigenvalue weighted by molar-refractivity contribution is 5.40. The van der Waals surface area contributed by atoms with Crippen molar-refractivity contribution in [3.05, 3.63) is 29.6 Å². The number of hydrogen-bond donors (Lipinski definition) is 1. The van der Waals surface area contributed by atoms with Crippen LogP contribution in [0.3, 0.4) is 0 Å². The van der Waals surface area contributed by atoms with E-state index in [2.05, 4.69) is 18.8 Å². The normalized spacial score (nSPS) is 21.9. The molecule has 1 aromatic rings. The first-order valence-electron chi connectivity index (χ1n) is 7.30. The summed E-state index contributed by atoms with van der Waals surface area (Å²) in [5, 5.41) is 8.70. The predicted octanol–water partition coefficient (Wildman–Crippen LogP) is 3.52. The summed E-state index contributed by atoms with van der Waals surface area (Å²) in [6.45, 7) is 1.96. The van der Waals surface area contributed by atoms with Crippen molar-refractivity contribution in [2.45, 2.75) is 45.1 Å². The predicted molar refractivity (Wildman–Crippen MR) is 77.0 cm³/mol. The van der Waals surface area contributed by atoms with Crippen molar-refractivity contribution >= 4 is 0 Å². The average Bonchev–Trinajstić information content (AvgIpc) is 2.48. The maximum absolute atomic E-state index is 13.9. The molecule has 1 aliphatic rings. The van der Waals surface area contributed by atoms with E-state index in [4.69, 9.17) is 9.84 Å². The Balaban J connectivity index is 2.14. The molecule has 1 aliphatic carbocycles. The van der Waals surface area contributed by atoms with Crippen LogP contribution in [0.15, 0.2) is 18.2 Å². The van der Waals surface area contributed by atoms with Crippen molar-refractivity contribution in [1.82, 2.24) is 0 Å². The van der Waals surface area contributed by atoms with Crippen molar-refractivity contribution in [3.8, 4) is 17.6 Å². The highest BCUT2D eigenvalue weighted by Crippen LogP contribution is 2.31. The van der Waals surface area contributed by atoms with Crippen LogP contribution in [0, 0.1) is 23.6 Å². The van der Waals surface area contributed by atoms with Gasteiger partial charge < -0.3 is 9.84 Å². The topological polar surface area (TPSA) is 29.5 Å². The molecule has 0 radical (unpaired) electrons. The van der Waals surface area contributed by atoms with Gasteiger partial charge in [0.25, 0.3) is 0 Å². The van der Waals surface area contributed by atoms with Crippen LogP contribution in [0.2, 0.25) is 0 Å². The van der Waals surface area contributed by atoms with Gasteiger partial charge in [0.1, 0.15) is 12.7 Å². The van der Waals surface area contributed by atoms with Crippen molar-refractivity contribution in [3.63, 3.8) is 0 Å². The molecule has 2 rings (SSSR count). The molecule has 2 atom stereocenters. The summed E-state index contributed by atoms with van der Waals surface area (Å²) in [4.78, 5) is 0. The van der Waals surface area contributed by atoms with E-state index in [0.29, 0.717) is 11.5 Å². The van der Waals surface area contributed by atoms with Crippen LogP contribution in [0.5, 0.6) is 5.75 Å². The van der Waals surface area contributed by atoms with E-state index in [1.807, 2.05) is 0 Å². The Bertz CT molecular complexity index is 501. The third-order valence-electron chi connectivity index (χ3n) is 3.89. The molecule has 0 spiro atoms. The van der Waals surface area contributed by atoms with E-state index in [9.17, 15) is 4.39 Å². The van der Waals surface area contributed by atoms with Crippen molar-refractivity contribution in [2.75, 3.05) is 6.61 Å². The molecule has 108 valence electrons. The number of benzene rings is 1. The van der Waals surface area contributed by atoms with E-state index >= 15 is 0 Å². The lowest BCUT2D eigenvalue weighted by atomic mass is 9.85. The maximum Gasteiger partial charge on any atom is 0.165 e. The van der Waals surface area contributed by atoms with Gasteiger partial charge in [-0.1, -0.05) is 25.2 Å². The highest BCUT2D eigenvalue weighted by atomic mass is 19.1. The monoisotopic (exact) mass is 276 g/mol. The Morgan fingerprint density at radius 3 is 2.90 bits per heavy atom. The van der Waals surface area contributed by atoms with Gasteiger partial charge in [-0.05, 0) is 49.8 Å². The number of aliphatic hydroxyl groups excluding tert-OH is 1. The van der Waals surface area contributed by atoms with Crippen LogP contribution >= 0.6 is 0 Å². The number of hydrogen-bond acceptors (Lipinski definition) is 2. The first-order valence-corrected chi connectivity index (χ1v) is 7.30. The summed E-state index contributed by atoms with van der Waals surface area (Å²) in [5.41, 5.74) is 0.666. The molecule has 0 bridgehead atoms. The Kier molecular flexibility index (Phi) is 5.43. The summed E-state index contributed by atoms with van der Waals surface area (Å²) in [6, 6.07) is 4.60. The number of aliphatic hydroxyl groups is 1. The molecule has 2 unspecified atom stereocenters. The summed E-state index contributed by atoms with van der Waals surface area (Å²) < 4.78 is 19.8. The number of rotatable bonds is 3. The zero-order valence-electron chi connectivity index (χ0n) is 11.9. The molecule has 0 amide bonds. The first kappa shape index (κ1) is 14.9. The zero-order valence-corrected chi connectivity index (χ0v) is 11.9. The Morgan fingerprint density at radius 2 is 2.15 bits per heavy atom. The summed E-state index contributed by atoms with van der Waals surface area (Å²) in [5.74, 6) is 5.78. The third-order valence-corrected chi connectivity index (χ3v) is 3.89. The van der Waals surface area contributed by atoms with E-state index < -0.39 is 0 Å². The van der Waals surface area contributed by atoms with Crippen molar-refractivity contribution in [2.24, 2.45) is 5.92 Å². The van der Waals surface area contributed by atoms with Gasteiger partial charge in [-0.2, -0.15) is 0 Å².